The minimum absolute atomic E-state index is 0.0485. The molecule has 0 atom stereocenters. The van der Waals surface area contributed by atoms with Gasteiger partial charge in [-0.1, -0.05) is 30.3 Å². The molecule has 0 radical (unpaired) electrons. The summed E-state index contributed by atoms with van der Waals surface area (Å²) < 4.78 is 7.97. The SMILES string of the molecule is COc1ccc(-n2nc(Cc3ccccc3)n(CC(=O)N(C)C(C)C)c2=O)cc1. The van der Waals surface area contributed by atoms with E-state index in [1.807, 2.05) is 44.2 Å². The molecule has 0 fully saturated rings. The molecular formula is C22H26N4O3. The van der Waals surface area contributed by atoms with E-state index in [-0.39, 0.29) is 24.2 Å². The Labute approximate surface area is 170 Å². The summed E-state index contributed by atoms with van der Waals surface area (Å²) >= 11 is 0. The summed E-state index contributed by atoms with van der Waals surface area (Å²) in [4.78, 5) is 27.4. The highest BCUT2D eigenvalue weighted by Crippen LogP contribution is 2.14. The van der Waals surface area contributed by atoms with E-state index in [0.29, 0.717) is 23.7 Å². The highest BCUT2D eigenvalue weighted by atomic mass is 16.5. The van der Waals surface area contributed by atoms with Gasteiger partial charge in [0.1, 0.15) is 18.1 Å². The summed E-state index contributed by atoms with van der Waals surface area (Å²) in [5.74, 6) is 1.10. The molecule has 1 heterocycles. The maximum absolute atomic E-state index is 13.1. The predicted molar refractivity (Wildman–Crippen MR) is 112 cm³/mol. The van der Waals surface area contributed by atoms with Crippen LogP contribution in [0.3, 0.4) is 0 Å². The monoisotopic (exact) mass is 394 g/mol. The van der Waals surface area contributed by atoms with E-state index in [0.717, 1.165) is 5.56 Å². The van der Waals surface area contributed by atoms with Crippen molar-refractivity contribution in [1.29, 1.82) is 0 Å². The molecule has 2 aromatic carbocycles. The average Bonchev–Trinajstić information content (AvgIpc) is 3.03. The third-order valence-corrected chi connectivity index (χ3v) is 4.92. The van der Waals surface area contributed by atoms with Crippen LogP contribution >= 0.6 is 0 Å². The predicted octanol–water partition coefficient (Wildman–Crippen LogP) is 2.50. The second-order valence-electron chi connectivity index (χ2n) is 7.16. The maximum atomic E-state index is 13.1. The van der Waals surface area contributed by atoms with E-state index in [1.165, 1.54) is 9.25 Å². The molecule has 0 bridgehead atoms. The first-order valence-electron chi connectivity index (χ1n) is 9.53. The van der Waals surface area contributed by atoms with E-state index >= 15 is 0 Å². The molecule has 3 aromatic rings. The molecule has 1 aromatic heterocycles. The molecule has 0 saturated carbocycles. The molecule has 3 rings (SSSR count). The van der Waals surface area contributed by atoms with Gasteiger partial charge in [-0.3, -0.25) is 9.36 Å². The lowest BCUT2D eigenvalue weighted by Gasteiger charge is -2.21. The lowest BCUT2D eigenvalue weighted by Crippen LogP contribution is -2.38. The molecule has 0 N–H and O–H groups in total. The zero-order chi connectivity index (χ0) is 21.0. The Morgan fingerprint density at radius 3 is 2.34 bits per heavy atom. The summed E-state index contributed by atoms with van der Waals surface area (Å²) in [5, 5.41) is 4.54. The minimum atomic E-state index is -0.341. The van der Waals surface area contributed by atoms with Crippen LogP contribution in [0.5, 0.6) is 5.75 Å². The first-order chi connectivity index (χ1) is 13.9. The fourth-order valence-electron chi connectivity index (χ4n) is 2.93. The maximum Gasteiger partial charge on any atom is 0.351 e. The summed E-state index contributed by atoms with van der Waals surface area (Å²) in [6.45, 7) is 3.82. The molecular weight excluding hydrogens is 368 g/mol. The van der Waals surface area contributed by atoms with Gasteiger partial charge < -0.3 is 9.64 Å². The lowest BCUT2D eigenvalue weighted by atomic mass is 10.1. The Bertz CT molecular complexity index is 1020. The van der Waals surface area contributed by atoms with Crippen molar-refractivity contribution in [3.05, 3.63) is 76.5 Å². The molecule has 0 aliphatic heterocycles. The molecule has 1 amide bonds. The Balaban J connectivity index is 2.02. The molecule has 0 unspecified atom stereocenters. The van der Waals surface area contributed by atoms with Crippen LogP contribution in [-0.2, 0) is 17.8 Å². The number of amides is 1. The van der Waals surface area contributed by atoms with E-state index in [2.05, 4.69) is 5.10 Å². The summed E-state index contributed by atoms with van der Waals surface area (Å²) in [7, 11) is 3.33. The topological polar surface area (TPSA) is 69.4 Å². The molecule has 7 nitrogen and oxygen atoms in total. The van der Waals surface area contributed by atoms with Crippen molar-refractivity contribution in [2.24, 2.45) is 0 Å². The van der Waals surface area contributed by atoms with E-state index in [9.17, 15) is 9.59 Å². The van der Waals surface area contributed by atoms with Crippen molar-refractivity contribution in [1.82, 2.24) is 19.2 Å². The van der Waals surface area contributed by atoms with Crippen LogP contribution < -0.4 is 10.4 Å². The number of rotatable bonds is 7. The normalized spacial score (nSPS) is 10.9. The van der Waals surface area contributed by atoms with Gasteiger partial charge in [-0.05, 0) is 43.7 Å². The molecule has 0 aliphatic rings. The van der Waals surface area contributed by atoms with Crippen LogP contribution in [0.1, 0.15) is 25.2 Å². The van der Waals surface area contributed by atoms with Crippen molar-refractivity contribution in [2.45, 2.75) is 32.9 Å². The van der Waals surface area contributed by atoms with Gasteiger partial charge in [0.2, 0.25) is 5.91 Å². The Morgan fingerprint density at radius 1 is 1.10 bits per heavy atom. The number of ether oxygens (including phenoxy) is 1. The zero-order valence-corrected chi connectivity index (χ0v) is 17.2. The second kappa shape index (κ2) is 8.77. The summed E-state index contributed by atoms with van der Waals surface area (Å²) in [6, 6.07) is 16.9. The van der Waals surface area contributed by atoms with Crippen LogP contribution in [0.25, 0.3) is 5.69 Å². The van der Waals surface area contributed by atoms with Gasteiger partial charge >= 0.3 is 5.69 Å². The van der Waals surface area contributed by atoms with Crippen LogP contribution in [0.2, 0.25) is 0 Å². The quantitative estimate of drug-likeness (QED) is 0.617. The fourth-order valence-corrected chi connectivity index (χ4v) is 2.93. The number of benzene rings is 2. The largest absolute Gasteiger partial charge is 0.497 e. The number of hydrogen-bond donors (Lipinski definition) is 0. The summed E-state index contributed by atoms with van der Waals surface area (Å²) in [6.07, 6.45) is 0.456. The molecule has 152 valence electrons. The van der Waals surface area contributed by atoms with Gasteiger partial charge in [0.25, 0.3) is 0 Å². The first kappa shape index (κ1) is 20.4. The van der Waals surface area contributed by atoms with Crippen LogP contribution in [-0.4, -0.2) is 45.4 Å². The van der Waals surface area contributed by atoms with Gasteiger partial charge in [0.05, 0.1) is 12.8 Å². The number of nitrogens with zero attached hydrogens (tertiary/aromatic N) is 4. The van der Waals surface area contributed by atoms with Gasteiger partial charge in [-0.15, -0.1) is 5.10 Å². The van der Waals surface area contributed by atoms with Gasteiger partial charge in [0.15, 0.2) is 0 Å². The van der Waals surface area contributed by atoms with Crippen LogP contribution in [0.4, 0.5) is 0 Å². The Morgan fingerprint density at radius 2 is 1.76 bits per heavy atom. The minimum Gasteiger partial charge on any atom is -0.497 e. The van der Waals surface area contributed by atoms with Crippen molar-refractivity contribution in [2.75, 3.05) is 14.2 Å². The Hall–Kier alpha value is -3.35. The van der Waals surface area contributed by atoms with Crippen LogP contribution in [0, 0.1) is 0 Å². The smallest absolute Gasteiger partial charge is 0.351 e. The number of methoxy groups -OCH3 is 1. The second-order valence-corrected chi connectivity index (χ2v) is 7.16. The number of carbonyl (C=O) groups is 1. The lowest BCUT2D eigenvalue weighted by molar-refractivity contribution is -0.132. The average molecular weight is 394 g/mol. The van der Waals surface area contributed by atoms with Gasteiger partial charge in [-0.2, -0.15) is 4.68 Å². The highest BCUT2D eigenvalue weighted by Gasteiger charge is 2.20. The van der Waals surface area contributed by atoms with Crippen LogP contribution in [0.15, 0.2) is 59.4 Å². The molecule has 29 heavy (non-hydrogen) atoms. The third kappa shape index (κ3) is 4.56. The number of hydrogen-bond acceptors (Lipinski definition) is 4. The number of carbonyl (C=O) groups excluding carboxylic acids is 1. The number of aromatic nitrogens is 3. The number of likely N-dealkylation sites (N-methyl/N-ethyl adjacent to an activating group) is 1. The highest BCUT2D eigenvalue weighted by molar-refractivity contribution is 5.76. The zero-order valence-electron chi connectivity index (χ0n) is 17.2. The molecule has 0 saturated heterocycles. The van der Waals surface area contributed by atoms with E-state index in [4.69, 9.17) is 4.74 Å². The van der Waals surface area contributed by atoms with Crippen molar-refractivity contribution < 1.29 is 9.53 Å². The fraction of sp³-hybridized carbons (Fsp3) is 0.318. The molecule has 0 spiro atoms. The van der Waals surface area contributed by atoms with Gasteiger partial charge in [0, 0.05) is 19.5 Å². The first-order valence-corrected chi connectivity index (χ1v) is 9.53. The van der Waals surface area contributed by atoms with Gasteiger partial charge in [-0.25, -0.2) is 4.79 Å². The summed E-state index contributed by atoms with van der Waals surface area (Å²) in [5.41, 5.74) is 1.30. The Kier molecular flexibility index (Phi) is 6.16. The van der Waals surface area contributed by atoms with Crippen molar-refractivity contribution >= 4 is 5.91 Å². The van der Waals surface area contributed by atoms with Crippen molar-refractivity contribution in [3.8, 4) is 11.4 Å². The van der Waals surface area contributed by atoms with E-state index < -0.39 is 0 Å². The third-order valence-electron chi connectivity index (χ3n) is 4.92. The molecule has 0 aliphatic carbocycles. The molecule has 7 heteroatoms. The van der Waals surface area contributed by atoms with E-state index in [1.54, 1.807) is 43.3 Å². The standard InChI is InChI=1S/C22H26N4O3/c1-16(2)24(3)21(27)15-25-20(14-17-8-6-5-7-9-17)23-26(22(25)28)18-10-12-19(29-4)13-11-18/h5-13,16H,14-15H2,1-4H3. The van der Waals surface area contributed by atoms with Crippen molar-refractivity contribution in [3.63, 3.8) is 0 Å².